The van der Waals surface area contributed by atoms with Crippen molar-refractivity contribution in [3.05, 3.63) is 35.4 Å². The minimum atomic E-state index is -0.109. The van der Waals surface area contributed by atoms with E-state index >= 15 is 0 Å². The quantitative estimate of drug-likeness (QED) is 0.155. The summed E-state index contributed by atoms with van der Waals surface area (Å²) in [6.07, 6.45) is 6.34. The highest BCUT2D eigenvalue weighted by molar-refractivity contribution is 14.0. The molecule has 0 aromatic heterocycles. The van der Waals surface area contributed by atoms with Gasteiger partial charge >= 0.3 is 5.97 Å². The fourth-order valence-corrected chi connectivity index (χ4v) is 3.45. The molecule has 174 valence electrons. The van der Waals surface area contributed by atoms with E-state index < -0.39 is 0 Å². The minimum Gasteiger partial charge on any atom is -0.462 e. The van der Waals surface area contributed by atoms with Crippen LogP contribution < -0.4 is 10.6 Å². The number of nitrogens with zero attached hydrogens (tertiary/aromatic N) is 2. The van der Waals surface area contributed by atoms with Gasteiger partial charge in [-0.1, -0.05) is 12.1 Å². The Morgan fingerprint density at radius 1 is 1.19 bits per heavy atom. The first kappa shape index (κ1) is 27.2. The summed E-state index contributed by atoms with van der Waals surface area (Å²) in [7, 11) is 3.51. The van der Waals surface area contributed by atoms with Gasteiger partial charge in [-0.3, -0.25) is 14.6 Å². The van der Waals surface area contributed by atoms with Crippen molar-refractivity contribution in [3.63, 3.8) is 0 Å². The first-order chi connectivity index (χ1) is 14.5. The monoisotopic (exact) mass is 544 g/mol. The zero-order valence-electron chi connectivity index (χ0n) is 19.0. The Bertz CT molecular complexity index is 719. The van der Waals surface area contributed by atoms with Crippen LogP contribution in [0.3, 0.4) is 0 Å². The van der Waals surface area contributed by atoms with E-state index in [0.717, 1.165) is 50.2 Å². The van der Waals surface area contributed by atoms with Crippen molar-refractivity contribution in [2.24, 2.45) is 4.99 Å². The van der Waals surface area contributed by atoms with Crippen LogP contribution in [0.5, 0.6) is 0 Å². The number of carbonyl (C=O) groups is 2. The van der Waals surface area contributed by atoms with Crippen LogP contribution in [0.15, 0.2) is 29.3 Å². The molecule has 0 unspecified atom stereocenters. The van der Waals surface area contributed by atoms with Gasteiger partial charge in [-0.15, -0.1) is 24.0 Å². The number of ether oxygens (including phenoxy) is 1. The molecule has 31 heavy (non-hydrogen) atoms. The number of hydrogen-bond donors (Lipinski definition) is 2. The Balaban J connectivity index is 0.00000480. The highest BCUT2D eigenvalue weighted by Gasteiger charge is 2.18. The molecule has 1 aliphatic carbocycles. The molecule has 0 saturated heterocycles. The van der Waals surface area contributed by atoms with E-state index in [4.69, 9.17) is 4.74 Å². The third-order valence-electron chi connectivity index (χ3n) is 5.04. The number of hydrogen-bond acceptors (Lipinski definition) is 4. The van der Waals surface area contributed by atoms with E-state index in [1.807, 2.05) is 31.2 Å². The number of halogens is 1. The molecule has 0 heterocycles. The van der Waals surface area contributed by atoms with Gasteiger partial charge in [0, 0.05) is 45.7 Å². The predicted octanol–water partition coefficient (Wildman–Crippen LogP) is 3.37. The molecule has 1 aromatic carbocycles. The van der Waals surface area contributed by atoms with E-state index in [0.29, 0.717) is 31.5 Å². The standard InChI is InChI=1S/C23H36N4O3.HI/c1-4-24-23(25-15-8-13-21(28)30-20-11-5-6-12-20)26-16-14-18-9-7-10-19(17-18)22(29)27(2)3;/h7,9-10,17,20H,4-6,8,11-16H2,1-3H3,(H2,24,25,26);1H. The maximum absolute atomic E-state index is 12.1. The Hall–Kier alpha value is -1.84. The number of esters is 1. The normalized spacial score (nSPS) is 14.0. The number of amides is 1. The summed E-state index contributed by atoms with van der Waals surface area (Å²) in [4.78, 5) is 30.1. The van der Waals surface area contributed by atoms with Crippen LogP contribution in [0.4, 0.5) is 0 Å². The second kappa shape index (κ2) is 15.0. The van der Waals surface area contributed by atoms with Gasteiger partial charge in [0.25, 0.3) is 5.91 Å². The summed E-state index contributed by atoms with van der Waals surface area (Å²) in [5.74, 6) is 0.635. The molecule has 0 aliphatic heterocycles. The zero-order valence-corrected chi connectivity index (χ0v) is 21.3. The van der Waals surface area contributed by atoms with Crippen LogP contribution in [-0.2, 0) is 16.0 Å². The fourth-order valence-electron chi connectivity index (χ4n) is 3.45. The Morgan fingerprint density at radius 2 is 1.94 bits per heavy atom. The summed E-state index contributed by atoms with van der Waals surface area (Å²) < 4.78 is 5.48. The molecule has 1 aliphatic rings. The van der Waals surface area contributed by atoms with E-state index in [1.54, 1.807) is 19.0 Å². The lowest BCUT2D eigenvalue weighted by Crippen LogP contribution is -2.38. The first-order valence-electron chi connectivity index (χ1n) is 11.0. The highest BCUT2D eigenvalue weighted by Crippen LogP contribution is 2.21. The SMILES string of the molecule is CCNC(=NCCCC(=O)OC1CCCC1)NCCc1cccc(C(=O)N(C)C)c1.I. The van der Waals surface area contributed by atoms with E-state index in [9.17, 15) is 9.59 Å². The summed E-state index contributed by atoms with van der Waals surface area (Å²) >= 11 is 0. The average molecular weight is 544 g/mol. The fraction of sp³-hybridized carbons (Fsp3) is 0.609. The molecule has 1 fully saturated rings. The van der Waals surface area contributed by atoms with Crippen LogP contribution in [0.1, 0.15) is 61.4 Å². The van der Waals surface area contributed by atoms with Crippen molar-refractivity contribution >= 4 is 41.8 Å². The number of benzene rings is 1. The molecule has 1 amide bonds. The largest absolute Gasteiger partial charge is 0.462 e. The van der Waals surface area contributed by atoms with Gasteiger partial charge in [-0.2, -0.15) is 0 Å². The van der Waals surface area contributed by atoms with Crippen LogP contribution in [0.2, 0.25) is 0 Å². The summed E-state index contributed by atoms with van der Waals surface area (Å²) in [6.45, 7) is 4.06. The van der Waals surface area contributed by atoms with E-state index in [2.05, 4.69) is 15.6 Å². The van der Waals surface area contributed by atoms with Crippen molar-refractivity contribution in [3.8, 4) is 0 Å². The average Bonchev–Trinajstić information content (AvgIpc) is 3.23. The number of guanidine groups is 1. The van der Waals surface area contributed by atoms with Crippen LogP contribution in [0, 0.1) is 0 Å². The number of nitrogens with one attached hydrogen (secondary N) is 2. The number of rotatable bonds is 10. The Labute approximate surface area is 203 Å². The van der Waals surface area contributed by atoms with Crippen molar-refractivity contribution in [1.29, 1.82) is 0 Å². The molecule has 0 radical (unpaired) electrons. The van der Waals surface area contributed by atoms with Gasteiger partial charge in [-0.05, 0) is 63.1 Å². The zero-order chi connectivity index (χ0) is 21.8. The third-order valence-corrected chi connectivity index (χ3v) is 5.04. The molecule has 1 saturated carbocycles. The first-order valence-corrected chi connectivity index (χ1v) is 11.0. The second-order valence-electron chi connectivity index (χ2n) is 7.84. The van der Waals surface area contributed by atoms with Crippen molar-refractivity contribution in [1.82, 2.24) is 15.5 Å². The second-order valence-corrected chi connectivity index (χ2v) is 7.84. The van der Waals surface area contributed by atoms with Crippen molar-refractivity contribution in [2.75, 3.05) is 33.7 Å². The molecule has 8 heteroatoms. The summed E-state index contributed by atoms with van der Waals surface area (Å²) in [5.41, 5.74) is 1.79. The highest BCUT2D eigenvalue weighted by atomic mass is 127. The van der Waals surface area contributed by atoms with Gasteiger partial charge in [-0.25, -0.2) is 0 Å². The molecular weight excluding hydrogens is 507 g/mol. The lowest BCUT2D eigenvalue weighted by Gasteiger charge is -2.13. The number of carbonyl (C=O) groups excluding carboxylic acids is 2. The van der Waals surface area contributed by atoms with Gasteiger partial charge in [0.2, 0.25) is 0 Å². The minimum absolute atomic E-state index is 0. The van der Waals surface area contributed by atoms with Gasteiger partial charge in [0.05, 0.1) is 0 Å². The molecule has 2 N–H and O–H groups in total. The lowest BCUT2D eigenvalue weighted by atomic mass is 10.1. The maximum Gasteiger partial charge on any atom is 0.306 e. The lowest BCUT2D eigenvalue weighted by molar-refractivity contribution is -0.148. The Morgan fingerprint density at radius 3 is 2.61 bits per heavy atom. The molecule has 0 spiro atoms. The molecule has 1 aromatic rings. The van der Waals surface area contributed by atoms with E-state index in [-0.39, 0.29) is 42.0 Å². The van der Waals surface area contributed by atoms with Crippen LogP contribution >= 0.6 is 24.0 Å². The van der Waals surface area contributed by atoms with Crippen LogP contribution in [-0.4, -0.2) is 62.6 Å². The third kappa shape index (κ3) is 10.3. The van der Waals surface area contributed by atoms with E-state index in [1.165, 1.54) is 0 Å². The van der Waals surface area contributed by atoms with Gasteiger partial charge in [0.15, 0.2) is 5.96 Å². The Kier molecular flexibility index (Phi) is 13.2. The topological polar surface area (TPSA) is 83.0 Å². The summed E-state index contributed by atoms with van der Waals surface area (Å²) in [5, 5.41) is 6.54. The predicted molar refractivity (Wildman–Crippen MR) is 135 cm³/mol. The molecular formula is C23H37IN4O3. The van der Waals surface area contributed by atoms with Crippen LogP contribution in [0.25, 0.3) is 0 Å². The number of aliphatic imine (C=N–C) groups is 1. The van der Waals surface area contributed by atoms with Crippen molar-refractivity contribution < 1.29 is 14.3 Å². The van der Waals surface area contributed by atoms with Gasteiger partial charge in [0.1, 0.15) is 6.10 Å². The van der Waals surface area contributed by atoms with Gasteiger partial charge < -0.3 is 20.3 Å². The smallest absolute Gasteiger partial charge is 0.306 e. The summed E-state index contributed by atoms with van der Waals surface area (Å²) in [6, 6.07) is 7.71. The maximum atomic E-state index is 12.1. The molecule has 0 atom stereocenters. The molecule has 2 rings (SSSR count). The molecule has 7 nitrogen and oxygen atoms in total. The van der Waals surface area contributed by atoms with Crippen molar-refractivity contribution in [2.45, 2.75) is 58.0 Å². The molecule has 0 bridgehead atoms.